The molecular weight excluding hydrogens is 284 g/mol. The maximum absolute atomic E-state index is 9.28. The summed E-state index contributed by atoms with van der Waals surface area (Å²) in [5.74, 6) is 2.65. The van der Waals surface area contributed by atoms with E-state index in [1.54, 1.807) is 11.8 Å². The number of nitriles is 1. The number of hydrogen-bond acceptors (Lipinski definition) is 5. The van der Waals surface area contributed by atoms with E-state index < -0.39 is 0 Å². The molecule has 1 unspecified atom stereocenters. The van der Waals surface area contributed by atoms with E-state index in [9.17, 15) is 5.26 Å². The van der Waals surface area contributed by atoms with Gasteiger partial charge < -0.3 is 14.8 Å². The van der Waals surface area contributed by atoms with Crippen LogP contribution in [0.25, 0.3) is 0 Å². The van der Waals surface area contributed by atoms with Crippen molar-refractivity contribution in [2.75, 3.05) is 26.0 Å². The van der Waals surface area contributed by atoms with Crippen LogP contribution in [0.5, 0.6) is 11.5 Å². The molecule has 0 saturated carbocycles. The Balaban J connectivity index is 1.83. The first-order valence-corrected chi connectivity index (χ1v) is 8.34. The fourth-order valence-electron chi connectivity index (χ4n) is 2.35. The highest BCUT2D eigenvalue weighted by atomic mass is 32.2. The highest BCUT2D eigenvalue weighted by Gasteiger charge is 2.24. The van der Waals surface area contributed by atoms with Crippen LogP contribution < -0.4 is 14.8 Å². The number of hydrogen-bond donors (Lipinski definition) is 1. The Labute approximate surface area is 130 Å². The lowest BCUT2D eigenvalue weighted by molar-refractivity contribution is 0.171. The van der Waals surface area contributed by atoms with Gasteiger partial charge in [-0.25, -0.2) is 0 Å². The number of nitrogens with zero attached hydrogens (tertiary/aromatic N) is 1. The van der Waals surface area contributed by atoms with Gasteiger partial charge in [0.15, 0.2) is 11.5 Å². The van der Waals surface area contributed by atoms with Crippen LogP contribution in [-0.4, -0.2) is 31.6 Å². The Morgan fingerprint density at radius 1 is 1.33 bits per heavy atom. The van der Waals surface area contributed by atoms with Crippen LogP contribution in [0.2, 0.25) is 0 Å². The molecule has 1 aliphatic heterocycles. The van der Waals surface area contributed by atoms with Gasteiger partial charge >= 0.3 is 0 Å². The molecule has 1 heterocycles. The van der Waals surface area contributed by atoms with E-state index in [-0.39, 0.29) is 5.54 Å². The summed E-state index contributed by atoms with van der Waals surface area (Å²) in [5, 5.41) is 12.4. The molecule has 1 atom stereocenters. The average Bonchev–Trinajstić information content (AvgIpc) is 2.55. The van der Waals surface area contributed by atoms with Crippen LogP contribution in [-0.2, 0) is 0 Å². The van der Waals surface area contributed by atoms with Crippen molar-refractivity contribution >= 4 is 11.8 Å². The highest BCUT2D eigenvalue weighted by molar-refractivity contribution is 7.99. The van der Waals surface area contributed by atoms with E-state index in [1.165, 1.54) is 4.90 Å². The van der Waals surface area contributed by atoms with Gasteiger partial charge in [-0.2, -0.15) is 5.26 Å². The Morgan fingerprint density at radius 2 is 2.10 bits per heavy atom. The van der Waals surface area contributed by atoms with E-state index >= 15 is 0 Å². The summed E-state index contributed by atoms with van der Waals surface area (Å²) >= 11 is 1.79. The van der Waals surface area contributed by atoms with Crippen molar-refractivity contribution in [3.8, 4) is 17.6 Å². The van der Waals surface area contributed by atoms with Gasteiger partial charge in [-0.1, -0.05) is 6.92 Å². The molecule has 21 heavy (non-hydrogen) atoms. The molecule has 0 saturated heterocycles. The number of fused-ring (bicyclic) bond motifs is 1. The van der Waals surface area contributed by atoms with Crippen LogP contribution in [0, 0.1) is 11.3 Å². The summed E-state index contributed by atoms with van der Waals surface area (Å²) in [6, 6.07) is 8.47. The van der Waals surface area contributed by atoms with Gasteiger partial charge in [0, 0.05) is 4.90 Å². The van der Waals surface area contributed by atoms with Gasteiger partial charge in [0.1, 0.15) is 18.8 Å². The minimum Gasteiger partial charge on any atom is -0.486 e. The number of nitrogens with one attached hydrogen (secondary N) is 1. The fraction of sp³-hybridized carbons (Fsp3) is 0.562. The molecule has 1 N–H and O–H groups in total. The smallest absolute Gasteiger partial charge is 0.162 e. The van der Waals surface area contributed by atoms with E-state index in [4.69, 9.17) is 9.47 Å². The summed E-state index contributed by atoms with van der Waals surface area (Å²) in [5.41, 5.74) is -0.382. The third-order valence-electron chi connectivity index (χ3n) is 3.83. The second-order valence-electron chi connectivity index (χ2n) is 5.05. The van der Waals surface area contributed by atoms with E-state index in [2.05, 4.69) is 17.5 Å². The van der Waals surface area contributed by atoms with Crippen molar-refractivity contribution in [3.63, 3.8) is 0 Å². The molecule has 1 aliphatic rings. The molecule has 0 fully saturated rings. The molecular formula is C16H22N2O2S. The minimum atomic E-state index is -0.382. The standard InChI is InChI=1S/C16H22N2O2S/c1-3-16(12-17,18-2)7-4-10-21-13-5-6-14-15(11-13)20-9-8-19-14/h5-6,11,18H,3-4,7-10H2,1-2H3. The molecule has 1 aromatic rings. The molecule has 2 rings (SSSR count). The number of benzene rings is 1. The monoisotopic (exact) mass is 306 g/mol. The Bertz CT molecular complexity index is 509. The first-order chi connectivity index (χ1) is 10.2. The lowest BCUT2D eigenvalue weighted by Crippen LogP contribution is -2.40. The van der Waals surface area contributed by atoms with Crippen LogP contribution >= 0.6 is 11.8 Å². The molecule has 5 heteroatoms. The van der Waals surface area contributed by atoms with Crippen molar-refractivity contribution in [1.29, 1.82) is 5.26 Å². The number of rotatable bonds is 7. The van der Waals surface area contributed by atoms with Gasteiger partial charge in [-0.3, -0.25) is 0 Å². The molecule has 0 radical (unpaired) electrons. The van der Waals surface area contributed by atoms with Crippen LogP contribution in [0.3, 0.4) is 0 Å². The normalized spacial score (nSPS) is 16.0. The van der Waals surface area contributed by atoms with Crippen molar-refractivity contribution in [3.05, 3.63) is 18.2 Å². The lowest BCUT2D eigenvalue weighted by Gasteiger charge is -2.24. The van der Waals surface area contributed by atoms with Crippen LogP contribution in [0.4, 0.5) is 0 Å². The maximum Gasteiger partial charge on any atom is 0.162 e. The molecule has 1 aromatic carbocycles. The molecule has 0 aromatic heterocycles. The molecule has 0 spiro atoms. The van der Waals surface area contributed by atoms with Gasteiger partial charge in [0.25, 0.3) is 0 Å². The molecule has 0 bridgehead atoms. The van der Waals surface area contributed by atoms with E-state index in [0.29, 0.717) is 13.2 Å². The second-order valence-corrected chi connectivity index (χ2v) is 6.22. The van der Waals surface area contributed by atoms with Gasteiger partial charge in [-0.15, -0.1) is 11.8 Å². The first kappa shape index (κ1) is 16.0. The summed E-state index contributed by atoms with van der Waals surface area (Å²) in [4.78, 5) is 1.18. The van der Waals surface area contributed by atoms with Gasteiger partial charge in [0.2, 0.25) is 0 Å². The Kier molecular flexibility index (Phi) is 5.77. The first-order valence-electron chi connectivity index (χ1n) is 7.35. The topological polar surface area (TPSA) is 54.3 Å². The largest absolute Gasteiger partial charge is 0.486 e. The van der Waals surface area contributed by atoms with Gasteiger partial charge in [0.05, 0.1) is 6.07 Å². The zero-order valence-corrected chi connectivity index (χ0v) is 13.5. The minimum absolute atomic E-state index is 0.382. The van der Waals surface area contributed by atoms with Crippen molar-refractivity contribution < 1.29 is 9.47 Å². The SMILES string of the molecule is CCC(C#N)(CCCSc1ccc2c(c1)OCCO2)NC. The third-order valence-corrected chi connectivity index (χ3v) is 4.91. The fourth-order valence-corrected chi connectivity index (χ4v) is 3.23. The van der Waals surface area contributed by atoms with Crippen molar-refractivity contribution in [2.24, 2.45) is 0 Å². The quantitative estimate of drug-likeness (QED) is 0.619. The van der Waals surface area contributed by atoms with Gasteiger partial charge in [-0.05, 0) is 50.3 Å². The molecule has 114 valence electrons. The van der Waals surface area contributed by atoms with Crippen molar-refractivity contribution in [2.45, 2.75) is 36.6 Å². The lowest BCUT2D eigenvalue weighted by atomic mass is 9.93. The Hall–Kier alpha value is -1.38. The highest BCUT2D eigenvalue weighted by Crippen LogP contribution is 2.34. The van der Waals surface area contributed by atoms with Crippen LogP contribution in [0.1, 0.15) is 26.2 Å². The summed E-state index contributed by atoms with van der Waals surface area (Å²) in [6.07, 6.45) is 2.70. The van der Waals surface area contributed by atoms with Crippen molar-refractivity contribution in [1.82, 2.24) is 5.32 Å². The molecule has 4 nitrogen and oxygen atoms in total. The summed E-state index contributed by atoms with van der Waals surface area (Å²) in [6.45, 7) is 3.29. The molecule has 0 amide bonds. The van der Waals surface area contributed by atoms with E-state index in [1.807, 2.05) is 26.1 Å². The predicted molar refractivity (Wildman–Crippen MR) is 85.1 cm³/mol. The zero-order valence-electron chi connectivity index (χ0n) is 12.6. The second kappa shape index (κ2) is 7.58. The van der Waals surface area contributed by atoms with E-state index in [0.717, 1.165) is 36.5 Å². The number of thioether (sulfide) groups is 1. The zero-order chi connectivity index (χ0) is 15.1. The molecule has 0 aliphatic carbocycles. The van der Waals surface area contributed by atoms with Crippen LogP contribution in [0.15, 0.2) is 23.1 Å². The number of ether oxygens (including phenoxy) is 2. The summed E-state index contributed by atoms with van der Waals surface area (Å²) in [7, 11) is 1.86. The Morgan fingerprint density at radius 3 is 2.76 bits per heavy atom. The third kappa shape index (κ3) is 4.05. The summed E-state index contributed by atoms with van der Waals surface area (Å²) < 4.78 is 11.1. The average molecular weight is 306 g/mol. The maximum atomic E-state index is 9.28. The predicted octanol–water partition coefficient (Wildman–Crippen LogP) is 3.22.